The Morgan fingerprint density at radius 2 is 1.50 bits per heavy atom. The van der Waals surface area contributed by atoms with E-state index in [1.165, 1.54) is 25.2 Å². The van der Waals surface area contributed by atoms with Gasteiger partial charge in [-0.15, -0.1) is 7.92 Å². The molecule has 0 saturated carbocycles. The van der Waals surface area contributed by atoms with Crippen molar-refractivity contribution in [1.29, 1.82) is 0 Å². The summed E-state index contributed by atoms with van der Waals surface area (Å²) in [5.41, 5.74) is 0.983. The Bertz CT molecular complexity index is 484. The van der Waals surface area contributed by atoms with Crippen molar-refractivity contribution in [2.24, 2.45) is 0 Å². The van der Waals surface area contributed by atoms with E-state index in [1.54, 1.807) is 10.6 Å². The van der Waals surface area contributed by atoms with E-state index in [0.29, 0.717) is 0 Å². The molecule has 0 amide bonds. The first-order chi connectivity index (χ1) is 9.84. The molecule has 1 aliphatic rings. The Balaban J connectivity index is 1.88. The summed E-state index contributed by atoms with van der Waals surface area (Å²) in [6.07, 6.45) is 5.80. The van der Waals surface area contributed by atoms with Crippen LogP contribution in [0.2, 0.25) is 0 Å². The number of rotatable bonds is 4. The van der Waals surface area contributed by atoms with E-state index in [9.17, 15) is 0 Å². The molecular weight excluding hydrogens is 278 g/mol. The van der Waals surface area contributed by atoms with Gasteiger partial charge in [-0.3, -0.25) is 0 Å². The summed E-state index contributed by atoms with van der Waals surface area (Å²) in [7, 11) is 0.102. The Morgan fingerprint density at radius 3 is 1.95 bits per heavy atom. The Kier molecular flexibility index (Phi) is 4.87. The Labute approximate surface area is 125 Å². The van der Waals surface area contributed by atoms with Gasteiger partial charge in [-0.1, -0.05) is 60.7 Å². The highest BCUT2D eigenvalue weighted by atomic mass is 31.1. The second kappa shape index (κ2) is 6.84. The van der Waals surface area contributed by atoms with Crippen LogP contribution >= 0.6 is 15.8 Å². The Morgan fingerprint density at radius 1 is 0.950 bits per heavy atom. The molecule has 2 atom stereocenters. The fourth-order valence-corrected chi connectivity index (χ4v) is 8.66. The summed E-state index contributed by atoms with van der Waals surface area (Å²) < 4.78 is 0. The van der Waals surface area contributed by atoms with Crippen LogP contribution in [-0.4, -0.2) is 24.6 Å². The van der Waals surface area contributed by atoms with Gasteiger partial charge in [-0.05, 0) is 56.0 Å². The van der Waals surface area contributed by atoms with Crippen molar-refractivity contribution in [2.45, 2.75) is 18.5 Å². The smallest absolute Gasteiger partial charge is 0.0166 e. The highest BCUT2D eigenvalue weighted by Crippen LogP contribution is 2.51. The summed E-state index contributed by atoms with van der Waals surface area (Å²) in [5, 5.41) is 3.09. The van der Waals surface area contributed by atoms with Gasteiger partial charge in [0.2, 0.25) is 0 Å². The zero-order chi connectivity index (χ0) is 13.8. The Hall–Kier alpha value is -0.700. The van der Waals surface area contributed by atoms with Crippen LogP contribution in [0.3, 0.4) is 0 Å². The average molecular weight is 300 g/mol. The average Bonchev–Trinajstić information content (AvgIpc) is 2.92. The van der Waals surface area contributed by atoms with Crippen LogP contribution < -0.4 is 10.6 Å². The van der Waals surface area contributed by atoms with Gasteiger partial charge in [0.25, 0.3) is 0 Å². The third kappa shape index (κ3) is 3.30. The molecule has 3 rings (SSSR count). The molecule has 0 bridgehead atoms. The first-order valence-corrected chi connectivity index (χ1v) is 11.0. The monoisotopic (exact) mass is 300 g/mol. The molecule has 20 heavy (non-hydrogen) atoms. The summed E-state index contributed by atoms with van der Waals surface area (Å²) in [4.78, 5) is 0. The van der Waals surface area contributed by atoms with Gasteiger partial charge in [0.05, 0.1) is 0 Å². The van der Waals surface area contributed by atoms with Crippen molar-refractivity contribution >= 4 is 26.5 Å². The summed E-state index contributed by atoms with van der Waals surface area (Å²) >= 11 is 0. The summed E-state index contributed by atoms with van der Waals surface area (Å²) in [6.45, 7) is 2.51. The van der Waals surface area contributed by atoms with Crippen LogP contribution in [0, 0.1) is 0 Å². The molecule has 0 N–H and O–H groups in total. The maximum Gasteiger partial charge on any atom is -0.0166 e. The standard InChI is InChI=1S/C18H22P2/c1-19-14-8-13-18(19)15-20(16-9-4-2-5-10-16)17-11-6-3-7-12-17/h2-7,9-12,18H,8,13-15H2,1H3/t18-,19+/m1/s1. The van der Waals surface area contributed by atoms with Crippen LogP contribution in [0.1, 0.15) is 12.8 Å². The largest absolute Gasteiger partial charge is 0.106 e. The van der Waals surface area contributed by atoms with Crippen LogP contribution in [0.5, 0.6) is 0 Å². The van der Waals surface area contributed by atoms with Crippen LogP contribution in [-0.2, 0) is 0 Å². The molecule has 0 aliphatic carbocycles. The number of hydrogen-bond acceptors (Lipinski definition) is 0. The maximum absolute atomic E-state index is 2.51. The van der Waals surface area contributed by atoms with Gasteiger partial charge in [0.15, 0.2) is 0 Å². The van der Waals surface area contributed by atoms with E-state index in [0.717, 1.165) is 5.66 Å². The van der Waals surface area contributed by atoms with Gasteiger partial charge in [0.1, 0.15) is 0 Å². The molecule has 1 fully saturated rings. The third-order valence-electron chi connectivity index (χ3n) is 4.20. The predicted molar refractivity (Wildman–Crippen MR) is 94.7 cm³/mol. The number of benzene rings is 2. The van der Waals surface area contributed by atoms with E-state index in [1.807, 2.05) is 0 Å². The molecule has 1 aliphatic heterocycles. The van der Waals surface area contributed by atoms with Gasteiger partial charge in [-0.25, -0.2) is 0 Å². The number of hydrogen-bond donors (Lipinski definition) is 0. The van der Waals surface area contributed by atoms with Gasteiger partial charge in [-0.2, -0.15) is 0 Å². The van der Waals surface area contributed by atoms with Crippen molar-refractivity contribution in [3.63, 3.8) is 0 Å². The highest BCUT2D eigenvalue weighted by molar-refractivity contribution is 7.74. The zero-order valence-electron chi connectivity index (χ0n) is 12.1. The molecule has 0 spiro atoms. The van der Waals surface area contributed by atoms with E-state index in [2.05, 4.69) is 67.3 Å². The molecule has 1 saturated heterocycles. The van der Waals surface area contributed by atoms with Gasteiger partial charge >= 0.3 is 0 Å². The second-order valence-electron chi connectivity index (χ2n) is 5.56. The van der Waals surface area contributed by atoms with Crippen molar-refractivity contribution < 1.29 is 0 Å². The molecule has 0 nitrogen and oxygen atoms in total. The van der Waals surface area contributed by atoms with E-state index in [4.69, 9.17) is 0 Å². The van der Waals surface area contributed by atoms with Gasteiger partial charge in [0, 0.05) is 0 Å². The summed E-state index contributed by atoms with van der Waals surface area (Å²) in [5.74, 6) is 0. The first-order valence-electron chi connectivity index (χ1n) is 7.42. The lowest BCUT2D eigenvalue weighted by Crippen LogP contribution is -2.19. The molecule has 0 aromatic heterocycles. The SMILES string of the molecule is C[P@@]1CCC[C@@H]1CP(c1ccccc1)c1ccccc1. The molecular formula is C18H22P2. The normalized spacial score (nSPS) is 22.3. The maximum atomic E-state index is 2.51. The van der Waals surface area contributed by atoms with Gasteiger partial charge < -0.3 is 0 Å². The molecule has 0 radical (unpaired) electrons. The van der Waals surface area contributed by atoms with E-state index >= 15 is 0 Å². The molecule has 1 heterocycles. The van der Waals surface area contributed by atoms with E-state index < -0.39 is 0 Å². The lowest BCUT2D eigenvalue weighted by atomic mass is 10.3. The lowest BCUT2D eigenvalue weighted by Gasteiger charge is -2.24. The summed E-state index contributed by atoms with van der Waals surface area (Å²) in [6, 6.07) is 22.3. The van der Waals surface area contributed by atoms with Crippen molar-refractivity contribution in [2.75, 3.05) is 19.0 Å². The molecule has 2 aromatic rings. The second-order valence-corrected chi connectivity index (χ2v) is 10.5. The molecule has 0 unspecified atom stereocenters. The predicted octanol–water partition coefficient (Wildman–Crippen LogP) is 4.39. The molecule has 2 aromatic carbocycles. The molecule has 104 valence electrons. The minimum atomic E-state index is -0.172. The third-order valence-corrected chi connectivity index (χ3v) is 9.85. The lowest BCUT2D eigenvalue weighted by molar-refractivity contribution is 0.841. The first kappa shape index (κ1) is 14.2. The van der Waals surface area contributed by atoms with Crippen molar-refractivity contribution in [1.82, 2.24) is 0 Å². The molecule has 2 heteroatoms. The fourth-order valence-electron chi connectivity index (χ4n) is 3.00. The van der Waals surface area contributed by atoms with Crippen LogP contribution in [0.4, 0.5) is 0 Å². The van der Waals surface area contributed by atoms with Crippen LogP contribution in [0.15, 0.2) is 60.7 Å². The zero-order valence-corrected chi connectivity index (χ0v) is 13.9. The van der Waals surface area contributed by atoms with Crippen molar-refractivity contribution in [3.05, 3.63) is 60.7 Å². The van der Waals surface area contributed by atoms with Crippen LogP contribution in [0.25, 0.3) is 0 Å². The van der Waals surface area contributed by atoms with E-state index in [-0.39, 0.29) is 15.8 Å². The highest BCUT2D eigenvalue weighted by Gasteiger charge is 2.27. The quantitative estimate of drug-likeness (QED) is 0.734. The fraction of sp³-hybridized carbons (Fsp3) is 0.333. The minimum Gasteiger partial charge on any atom is -0.106 e. The minimum absolute atomic E-state index is 0.172. The van der Waals surface area contributed by atoms with Crippen molar-refractivity contribution in [3.8, 4) is 0 Å². The topological polar surface area (TPSA) is 0 Å².